The number of hydrazine groups is 2. The molecule has 0 atom stereocenters. The number of rotatable bonds is 12. The SMILES string of the molecule is CC(C)COC(=O)OC(=O)/C=C\n1cnc(-c2cc(Cl)nc(OC(C)C)c2)n1.CC(C)Oc1cc(-c2ncn(/C=C\C(=O)NN)n2)cc(Cl)n1.NN. The zero-order valence-electron chi connectivity index (χ0n) is 29.1. The number of nitrogens with zero attached hydrogens (tertiary/aromatic N) is 8. The number of nitrogens with two attached hydrogens (primary N) is 3. The molecule has 0 unspecified atom stereocenters. The van der Waals surface area contributed by atoms with E-state index in [2.05, 4.69) is 46.6 Å². The lowest BCUT2D eigenvalue weighted by Crippen LogP contribution is -2.28. The Labute approximate surface area is 309 Å². The van der Waals surface area contributed by atoms with Gasteiger partial charge >= 0.3 is 12.1 Å². The topological polar surface area (TPSA) is 265 Å². The van der Waals surface area contributed by atoms with E-state index >= 15 is 0 Å². The number of carbonyl (C=O) groups excluding carboxylic acids is 3. The van der Waals surface area contributed by atoms with E-state index < -0.39 is 18.0 Å². The van der Waals surface area contributed by atoms with Gasteiger partial charge in [0.25, 0.3) is 5.91 Å². The molecule has 1 amide bonds. The lowest BCUT2D eigenvalue weighted by molar-refractivity contribution is -0.134. The minimum Gasteiger partial charge on any atom is -0.475 e. The van der Waals surface area contributed by atoms with Gasteiger partial charge < -0.3 is 18.9 Å². The van der Waals surface area contributed by atoms with Crippen LogP contribution in [0.15, 0.2) is 49.1 Å². The summed E-state index contributed by atoms with van der Waals surface area (Å²) in [5, 5.41) is 8.93. The second kappa shape index (κ2) is 21.7. The van der Waals surface area contributed by atoms with E-state index in [-0.39, 0.29) is 35.0 Å². The number of pyridine rings is 2. The maximum absolute atomic E-state index is 11.6. The zero-order chi connectivity index (χ0) is 38.8. The molecule has 4 heterocycles. The van der Waals surface area contributed by atoms with Gasteiger partial charge in [-0.15, -0.1) is 10.2 Å². The lowest BCUT2D eigenvalue weighted by Gasteiger charge is -2.09. The molecule has 52 heavy (non-hydrogen) atoms. The summed E-state index contributed by atoms with van der Waals surface area (Å²) in [6.45, 7) is 11.4. The molecule has 7 N–H and O–H groups in total. The first-order valence-electron chi connectivity index (χ1n) is 15.3. The maximum Gasteiger partial charge on any atom is 0.516 e. The lowest BCUT2D eigenvalue weighted by atomic mass is 10.2. The molecule has 0 fully saturated rings. The summed E-state index contributed by atoms with van der Waals surface area (Å²) in [6.07, 6.45) is 6.67. The van der Waals surface area contributed by atoms with Crippen LogP contribution in [0, 0.1) is 5.92 Å². The highest BCUT2D eigenvalue weighted by Gasteiger charge is 2.13. The minimum absolute atomic E-state index is 0.0259. The van der Waals surface area contributed by atoms with Gasteiger partial charge in [-0.3, -0.25) is 21.9 Å². The van der Waals surface area contributed by atoms with E-state index in [1.807, 2.05) is 47.0 Å². The van der Waals surface area contributed by atoms with E-state index in [0.29, 0.717) is 34.5 Å². The van der Waals surface area contributed by atoms with Gasteiger partial charge in [0.2, 0.25) is 11.8 Å². The van der Waals surface area contributed by atoms with Gasteiger partial charge in [0.15, 0.2) is 11.6 Å². The molecule has 0 radical (unpaired) electrons. The number of nitrogens with one attached hydrogen (secondary N) is 1. The van der Waals surface area contributed by atoms with Gasteiger partial charge in [-0.25, -0.2) is 44.7 Å². The molecule has 21 heteroatoms. The zero-order valence-corrected chi connectivity index (χ0v) is 30.6. The van der Waals surface area contributed by atoms with Crippen molar-refractivity contribution >= 4 is 53.6 Å². The first-order chi connectivity index (χ1) is 24.7. The third kappa shape index (κ3) is 15.6. The number of aromatic nitrogens is 8. The highest BCUT2D eigenvalue weighted by atomic mass is 35.5. The standard InChI is InChI=1S/C18H21ClN4O5.C13H15ClN6O2.H4N2/c1-11(2)9-26-18(25)28-16(24)5-6-23-10-20-17(22-23)13-7-14(19)21-15(8-13)27-12(3)4;1-8(2)22-12-6-9(5-10(14)17-12)13-16-7-20(19-13)4-3-11(21)18-15;1-2/h5-8,10-12H,9H2,1-4H3;3-8H,15H2,1-2H3,(H,18,21);1-2H2/b6-5-;4-3-;. The Bertz CT molecular complexity index is 1830. The Hall–Kier alpha value is -5.47. The van der Waals surface area contributed by atoms with Crippen molar-refractivity contribution < 1.29 is 33.3 Å². The van der Waals surface area contributed by atoms with Crippen LogP contribution in [-0.2, 0) is 19.1 Å². The van der Waals surface area contributed by atoms with Crippen LogP contribution < -0.4 is 32.4 Å². The van der Waals surface area contributed by atoms with Crippen LogP contribution in [0.3, 0.4) is 0 Å². The summed E-state index contributed by atoms with van der Waals surface area (Å²) in [5.41, 5.74) is 3.24. The fourth-order valence-electron chi connectivity index (χ4n) is 3.48. The van der Waals surface area contributed by atoms with Crippen molar-refractivity contribution in [1.82, 2.24) is 44.9 Å². The molecular formula is C31H40Cl2N12O7. The van der Waals surface area contributed by atoms with E-state index in [1.54, 1.807) is 24.3 Å². The first kappa shape index (κ1) is 42.7. The highest BCUT2D eigenvalue weighted by Crippen LogP contribution is 2.25. The van der Waals surface area contributed by atoms with Gasteiger partial charge in [-0.2, -0.15) is 0 Å². The third-order valence-corrected chi connectivity index (χ3v) is 5.78. The van der Waals surface area contributed by atoms with E-state index in [0.717, 1.165) is 6.08 Å². The van der Waals surface area contributed by atoms with Gasteiger partial charge in [0, 0.05) is 47.8 Å². The van der Waals surface area contributed by atoms with Crippen LogP contribution >= 0.6 is 23.2 Å². The number of carbonyl (C=O) groups is 3. The summed E-state index contributed by atoms with van der Waals surface area (Å²) in [7, 11) is 0. The van der Waals surface area contributed by atoms with Crippen molar-refractivity contribution in [2.45, 2.75) is 53.8 Å². The Morgan fingerprint density at radius 2 is 1.25 bits per heavy atom. The van der Waals surface area contributed by atoms with E-state index in [1.165, 1.54) is 40.5 Å². The normalized spacial score (nSPS) is 10.9. The molecule has 0 saturated carbocycles. The van der Waals surface area contributed by atoms with Crippen LogP contribution in [0.1, 0.15) is 41.5 Å². The van der Waals surface area contributed by atoms with Crippen molar-refractivity contribution in [2.24, 2.45) is 23.4 Å². The van der Waals surface area contributed by atoms with E-state index in [9.17, 15) is 14.4 Å². The first-order valence-corrected chi connectivity index (χ1v) is 16.1. The van der Waals surface area contributed by atoms with Crippen LogP contribution in [0.2, 0.25) is 10.3 Å². The van der Waals surface area contributed by atoms with Gasteiger partial charge in [-0.05, 0) is 45.7 Å². The number of hydrogen-bond donors (Lipinski definition) is 4. The molecule has 0 aliphatic rings. The molecular weight excluding hydrogens is 723 g/mol. The van der Waals surface area contributed by atoms with Crippen molar-refractivity contribution in [2.75, 3.05) is 6.61 Å². The molecule has 0 aliphatic heterocycles. The summed E-state index contributed by atoms with van der Waals surface area (Å²) in [6, 6.07) is 6.58. The molecule has 0 aromatic carbocycles. The van der Waals surface area contributed by atoms with Crippen LogP contribution in [-0.4, -0.2) is 76.3 Å². The average Bonchev–Trinajstić information content (AvgIpc) is 3.76. The number of hydrogen-bond acceptors (Lipinski definition) is 16. The maximum atomic E-state index is 11.6. The summed E-state index contributed by atoms with van der Waals surface area (Å²) in [4.78, 5) is 50.4. The monoisotopic (exact) mass is 762 g/mol. The predicted octanol–water partition coefficient (Wildman–Crippen LogP) is 3.65. The highest BCUT2D eigenvalue weighted by molar-refractivity contribution is 6.30. The number of esters is 1. The van der Waals surface area contributed by atoms with Crippen molar-refractivity contribution in [1.29, 1.82) is 0 Å². The van der Waals surface area contributed by atoms with Crippen molar-refractivity contribution in [3.63, 3.8) is 0 Å². The van der Waals surface area contributed by atoms with Crippen molar-refractivity contribution in [3.8, 4) is 34.5 Å². The average molecular weight is 764 g/mol. The van der Waals surface area contributed by atoms with Gasteiger partial charge in [0.1, 0.15) is 23.0 Å². The largest absolute Gasteiger partial charge is 0.516 e. The smallest absolute Gasteiger partial charge is 0.475 e. The molecule has 4 aromatic rings. The molecule has 0 aliphatic carbocycles. The Morgan fingerprint density at radius 1 is 0.788 bits per heavy atom. The van der Waals surface area contributed by atoms with Crippen LogP contribution in [0.4, 0.5) is 4.79 Å². The van der Waals surface area contributed by atoms with Crippen molar-refractivity contribution in [3.05, 3.63) is 59.4 Å². The second-order valence-electron chi connectivity index (χ2n) is 11.0. The molecule has 4 rings (SSSR count). The van der Waals surface area contributed by atoms with Crippen LogP contribution in [0.25, 0.3) is 35.2 Å². The van der Waals surface area contributed by atoms with E-state index in [4.69, 9.17) is 43.3 Å². The molecule has 19 nitrogen and oxygen atoms in total. The quantitative estimate of drug-likeness (QED) is 0.0305. The Balaban J connectivity index is 0.000000352. The predicted molar refractivity (Wildman–Crippen MR) is 192 cm³/mol. The number of ether oxygens (including phenoxy) is 4. The fraction of sp³-hybridized carbons (Fsp3) is 0.323. The molecule has 0 saturated heterocycles. The van der Waals surface area contributed by atoms with Crippen LogP contribution in [0.5, 0.6) is 11.8 Å². The molecule has 280 valence electrons. The van der Waals surface area contributed by atoms with Gasteiger partial charge in [-0.1, -0.05) is 37.0 Å². The molecule has 0 bridgehead atoms. The number of halogens is 2. The Kier molecular flexibility index (Phi) is 17.8. The fourth-order valence-corrected chi connectivity index (χ4v) is 3.88. The molecule has 0 spiro atoms. The summed E-state index contributed by atoms with van der Waals surface area (Å²) < 4.78 is 23.0. The Morgan fingerprint density at radius 3 is 1.67 bits per heavy atom. The minimum atomic E-state index is -1.05. The van der Waals surface area contributed by atoms with Gasteiger partial charge in [0.05, 0.1) is 18.8 Å². The summed E-state index contributed by atoms with van der Waals surface area (Å²) in [5.74, 6) is 13.3. The number of amides is 1. The molecule has 4 aromatic heterocycles. The summed E-state index contributed by atoms with van der Waals surface area (Å²) >= 11 is 12.0. The third-order valence-electron chi connectivity index (χ3n) is 5.39. The second-order valence-corrected chi connectivity index (χ2v) is 11.8.